The fourth-order valence-corrected chi connectivity index (χ4v) is 2.84. The van der Waals surface area contributed by atoms with E-state index >= 15 is 0 Å². The molecule has 0 saturated carbocycles. The Morgan fingerprint density at radius 2 is 1.81 bits per heavy atom. The van der Waals surface area contributed by atoms with Gasteiger partial charge in [-0.3, -0.25) is 4.79 Å². The van der Waals surface area contributed by atoms with Crippen LogP contribution in [0.5, 0.6) is 17.2 Å². The van der Waals surface area contributed by atoms with Crippen molar-refractivity contribution in [3.8, 4) is 17.2 Å². The molecule has 0 aliphatic carbocycles. The van der Waals surface area contributed by atoms with Crippen molar-refractivity contribution >= 4 is 11.6 Å². The number of nitrogens with zero attached hydrogens (tertiary/aromatic N) is 1. The molecule has 0 fully saturated rings. The number of aryl methyl sites for hydroxylation is 2. The molecular weight excluding hydrogens is 429 g/mol. The predicted octanol–water partition coefficient (Wildman–Crippen LogP) is 5.07. The highest BCUT2D eigenvalue weighted by molar-refractivity contribution is 6.05. The first-order valence-corrected chi connectivity index (χ1v) is 9.50. The van der Waals surface area contributed by atoms with Gasteiger partial charge >= 0.3 is 6.18 Å². The van der Waals surface area contributed by atoms with E-state index < -0.39 is 18.7 Å². The fraction of sp³-hybridized carbons (Fsp3) is 0.273. The van der Waals surface area contributed by atoms with Gasteiger partial charge in [0.2, 0.25) is 0 Å². The van der Waals surface area contributed by atoms with Gasteiger partial charge < -0.3 is 24.1 Å². The van der Waals surface area contributed by atoms with Gasteiger partial charge in [0.15, 0.2) is 18.1 Å². The van der Waals surface area contributed by atoms with Crippen LogP contribution in [0.3, 0.4) is 0 Å². The quantitative estimate of drug-likeness (QED) is 0.516. The zero-order valence-electron chi connectivity index (χ0n) is 17.6. The molecule has 0 aliphatic heterocycles. The van der Waals surface area contributed by atoms with Gasteiger partial charge in [0.05, 0.1) is 24.1 Å². The SMILES string of the molecule is COc1cc(C(=O)Nc2ccccc2OCC(F)(F)F)ccc1OCc1c(C)noc1C. The number of nitrogens with one attached hydrogen (secondary N) is 1. The van der Waals surface area contributed by atoms with Crippen LogP contribution < -0.4 is 19.5 Å². The van der Waals surface area contributed by atoms with Gasteiger partial charge in [-0.1, -0.05) is 17.3 Å². The second-order valence-electron chi connectivity index (χ2n) is 6.81. The van der Waals surface area contributed by atoms with Crippen LogP contribution in [-0.2, 0) is 6.61 Å². The molecule has 0 aliphatic rings. The number of benzene rings is 2. The molecule has 10 heteroatoms. The third-order valence-electron chi connectivity index (χ3n) is 4.51. The molecular formula is C22H21F3N2O5. The van der Waals surface area contributed by atoms with Crippen LogP contribution >= 0.6 is 0 Å². The normalized spacial score (nSPS) is 11.2. The summed E-state index contributed by atoms with van der Waals surface area (Å²) < 4.78 is 58.4. The van der Waals surface area contributed by atoms with E-state index in [2.05, 4.69) is 10.5 Å². The van der Waals surface area contributed by atoms with Gasteiger partial charge in [-0.15, -0.1) is 0 Å². The van der Waals surface area contributed by atoms with Crippen LogP contribution in [0.2, 0.25) is 0 Å². The Hall–Kier alpha value is -3.69. The highest BCUT2D eigenvalue weighted by atomic mass is 19.4. The number of ether oxygens (including phenoxy) is 3. The number of anilines is 1. The minimum Gasteiger partial charge on any atom is -0.493 e. The zero-order chi connectivity index (χ0) is 23.3. The van der Waals surface area contributed by atoms with Gasteiger partial charge in [0, 0.05) is 5.56 Å². The lowest BCUT2D eigenvalue weighted by Crippen LogP contribution is -2.20. The van der Waals surface area contributed by atoms with Crippen molar-refractivity contribution in [2.45, 2.75) is 26.6 Å². The van der Waals surface area contributed by atoms with E-state index in [1.165, 1.54) is 37.4 Å². The van der Waals surface area contributed by atoms with Crippen LogP contribution in [0.1, 0.15) is 27.4 Å². The number of aromatic nitrogens is 1. The van der Waals surface area contributed by atoms with E-state index in [4.69, 9.17) is 18.7 Å². The Balaban J connectivity index is 1.73. The van der Waals surface area contributed by atoms with Crippen molar-refractivity contribution in [2.75, 3.05) is 19.0 Å². The molecule has 32 heavy (non-hydrogen) atoms. The third-order valence-corrected chi connectivity index (χ3v) is 4.51. The number of carbonyl (C=O) groups is 1. The summed E-state index contributed by atoms with van der Waals surface area (Å²) in [6, 6.07) is 10.4. The van der Waals surface area contributed by atoms with Crippen LogP contribution in [0, 0.1) is 13.8 Å². The highest BCUT2D eigenvalue weighted by Gasteiger charge is 2.29. The standard InChI is InChI=1S/C22H21F3N2O5/c1-13-16(14(2)32-27-13)11-30-19-9-8-15(10-20(19)29-3)21(28)26-17-6-4-5-7-18(17)31-12-22(23,24)25/h4-10H,11-12H2,1-3H3,(H,26,28). The summed E-state index contributed by atoms with van der Waals surface area (Å²) in [4.78, 5) is 12.7. The summed E-state index contributed by atoms with van der Waals surface area (Å²) in [6.45, 7) is 2.31. The van der Waals surface area contributed by atoms with Crippen molar-refractivity contribution in [1.29, 1.82) is 0 Å². The summed E-state index contributed by atoms with van der Waals surface area (Å²) in [7, 11) is 1.43. The van der Waals surface area contributed by atoms with Crippen LogP contribution in [0.4, 0.5) is 18.9 Å². The topological polar surface area (TPSA) is 82.8 Å². The fourth-order valence-electron chi connectivity index (χ4n) is 2.84. The smallest absolute Gasteiger partial charge is 0.422 e. The average Bonchev–Trinajstić information content (AvgIpc) is 3.08. The maximum Gasteiger partial charge on any atom is 0.422 e. The number of rotatable bonds is 8. The van der Waals surface area contributed by atoms with Crippen molar-refractivity contribution in [2.24, 2.45) is 0 Å². The van der Waals surface area contributed by atoms with E-state index in [1.807, 2.05) is 0 Å². The van der Waals surface area contributed by atoms with E-state index in [9.17, 15) is 18.0 Å². The summed E-state index contributed by atoms with van der Waals surface area (Å²) in [5.41, 5.74) is 1.85. The summed E-state index contributed by atoms with van der Waals surface area (Å²) in [6.07, 6.45) is -4.50. The Morgan fingerprint density at radius 3 is 2.47 bits per heavy atom. The molecule has 1 heterocycles. The Bertz CT molecular complexity index is 1080. The number of hydrogen-bond donors (Lipinski definition) is 1. The molecule has 7 nitrogen and oxygen atoms in total. The molecule has 0 bridgehead atoms. The molecule has 0 saturated heterocycles. The number of methoxy groups -OCH3 is 1. The molecule has 1 N–H and O–H groups in total. The molecule has 0 radical (unpaired) electrons. The Kier molecular flexibility index (Phi) is 6.92. The monoisotopic (exact) mass is 450 g/mol. The number of halogens is 3. The molecule has 3 aromatic rings. The highest BCUT2D eigenvalue weighted by Crippen LogP contribution is 2.31. The van der Waals surface area contributed by atoms with Crippen LogP contribution in [-0.4, -0.2) is 31.0 Å². The van der Waals surface area contributed by atoms with Crippen molar-refractivity contribution in [3.63, 3.8) is 0 Å². The first-order chi connectivity index (χ1) is 15.2. The average molecular weight is 450 g/mol. The van der Waals surface area contributed by atoms with E-state index in [0.717, 1.165) is 5.56 Å². The Morgan fingerprint density at radius 1 is 1.06 bits per heavy atom. The number of amides is 1. The molecule has 2 aromatic carbocycles. The zero-order valence-corrected chi connectivity index (χ0v) is 17.6. The lowest BCUT2D eigenvalue weighted by Gasteiger charge is -2.15. The van der Waals surface area contributed by atoms with Gasteiger partial charge in [-0.05, 0) is 44.2 Å². The lowest BCUT2D eigenvalue weighted by atomic mass is 10.1. The molecule has 0 spiro atoms. The summed E-state index contributed by atoms with van der Waals surface area (Å²) >= 11 is 0. The molecule has 1 amide bonds. The summed E-state index contributed by atoms with van der Waals surface area (Å²) in [5, 5.41) is 6.42. The molecule has 170 valence electrons. The largest absolute Gasteiger partial charge is 0.493 e. The number of carbonyl (C=O) groups excluding carboxylic acids is 1. The predicted molar refractivity (Wildman–Crippen MR) is 109 cm³/mol. The van der Waals surface area contributed by atoms with Gasteiger partial charge in [-0.25, -0.2) is 0 Å². The van der Waals surface area contributed by atoms with Crippen LogP contribution in [0.15, 0.2) is 47.0 Å². The number of para-hydroxylation sites is 2. The number of hydrogen-bond acceptors (Lipinski definition) is 6. The van der Waals surface area contributed by atoms with Crippen molar-refractivity contribution < 1.29 is 36.7 Å². The van der Waals surface area contributed by atoms with Crippen LogP contribution in [0.25, 0.3) is 0 Å². The summed E-state index contributed by atoms with van der Waals surface area (Å²) in [5.74, 6) is 0.709. The maximum absolute atomic E-state index is 12.7. The first-order valence-electron chi connectivity index (χ1n) is 9.50. The van der Waals surface area contributed by atoms with E-state index in [0.29, 0.717) is 23.0 Å². The van der Waals surface area contributed by atoms with E-state index in [1.54, 1.807) is 26.0 Å². The third kappa shape index (κ3) is 5.71. The molecule has 1 aromatic heterocycles. The molecule has 0 atom stereocenters. The van der Waals surface area contributed by atoms with Gasteiger partial charge in [0.1, 0.15) is 18.1 Å². The van der Waals surface area contributed by atoms with E-state index in [-0.39, 0.29) is 23.6 Å². The maximum atomic E-state index is 12.7. The first kappa shape index (κ1) is 23.0. The van der Waals surface area contributed by atoms with Crippen molar-refractivity contribution in [3.05, 3.63) is 65.0 Å². The lowest BCUT2D eigenvalue weighted by molar-refractivity contribution is -0.153. The molecule has 0 unspecified atom stereocenters. The minimum absolute atomic E-state index is 0.0930. The molecule has 3 rings (SSSR count). The second kappa shape index (κ2) is 9.63. The number of alkyl halides is 3. The van der Waals surface area contributed by atoms with Crippen molar-refractivity contribution in [1.82, 2.24) is 5.16 Å². The second-order valence-corrected chi connectivity index (χ2v) is 6.81. The van der Waals surface area contributed by atoms with Gasteiger partial charge in [-0.2, -0.15) is 13.2 Å². The Labute approximate surface area is 182 Å². The minimum atomic E-state index is -4.50. The van der Waals surface area contributed by atoms with Gasteiger partial charge in [0.25, 0.3) is 5.91 Å².